The molecule has 2 aromatic heterocycles. The number of nitrogens with two attached hydrogens (primary N) is 1. The summed E-state index contributed by atoms with van der Waals surface area (Å²) in [6, 6.07) is 7.57. The van der Waals surface area contributed by atoms with E-state index in [1.54, 1.807) is 31.3 Å². The Kier molecular flexibility index (Phi) is 8.74. The van der Waals surface area contributed by atoms with Crippen molar-refractivity contribution in [3.8, 4) is 17.6 Å². The number of benzene rings is 1. The Bertz CT molecular complexity index is 1450. The number of aromatic nitrogens is 2. The van der Waals surface area contributed by atoms with Crippen LogP contribution in [0.25, 0.3) is 0 Å². The summed E-state index contributed by atoms with van der Waals surface area (Å²) in [7, 11) is 1.51. The lowest BCUT2D eigenvalue weighted by atomic mass is 9.81. The lowest BCUT2D eigenvalue weighted by molar-refractivity contribution is 0.216. The summed E-state index contributed by atoms with van der Waals surface area (Å²) >= 11 is 12.6. The van der Waals surface area contributed by atoms with Gasteiger partial charge in [0, 0.05) is 78.1 Å². The predicted molar refractivity (Wildman–Crippen MR) is 159 cm³/mol. The van der Waals surface area contributed by atoms with Crippen LogP contribution < -0.4 is 25.4 Å². The third-order valence-electron chi connectivity index (χ3n) is 6.86. The van der Waals surface area contributed by atoms with Gasteiger partial charge in [0.05, 0.1) is 28.4 Å². The van der Waals surface area contributed by atoms with Crippen molar-refractivity contribution in [3.63, 3.8) is 0 Å². The van der Waals surface area contributed by atoms with E-state index >= 15 is 0 Å². The number of ether oxygens (including phenoxy) is 2. The molecule has 0 unspecified atom stereocenters. The number of hydrogen-bond donors (Lipinski definition) is 3. The summed E-state index contributed by atoms with van der Waals surface area (Å²) in [4.78, 5) is 10.7. The first kappa shape index (κ1) is 29.4. The van der Waals surface area contributed by atoms with Gasteiger partial charge in [-0.3, -0.25) is 10.4 Å². The molecule has 3 aromatic rings. The summed E-state index contributed by atoms with van der Waals surface area (Å²) < 4.78 is 11.7. The third-order valence-corrected chi connectivity index (χ3v) is 7.47. The van der Waals surface area contributed by atoms with Crippen molar-refractivity contribution in [2.24, 2.45) is 5.41 Å². The molecule has 1 saturated heterocycles. The Morgan fingerprint density at radius 2 is 1.85 bits per heavy atom. The van der Waals surface area contributed by atoms with Crippen LogP contribution >= 0.6 is 23.2 Å². The number of nitrogens with one attached hydrogen (secondary N) is 2. The third kappa shape index (κ3) is 6.09. The van der Waals surface area contributed by atoms with E-state index < -0.39 is 6.10 Å². The van der Waals surface area contributed by atoms with Gasteiger partial charge in [-0.15, -0.1) is 0 Å². The van der Waals surface area contributed by atoms with Crippen LogP contribution in [-0.2, 0) is 0 Å². The zero-order chi connectivity index (χ0) is 29.2. The van der Waals surface area contributed by atoms with E-state index in [1.807, 2.05) is 0 Å². The number of pyridine rings is 2. The molecule has 0 amide bonds. The first-order valence-electron chi connectivity index (χ1n) is 12.9. The summed E-state index contributed by atoms with van der Waals surface area (Å²) in [6.45, 7) is 10.8. The minimum atomic E-state index is -0.549. The van der Waals surface area contributed by atoms with Crippen LogP contribution in [0.4, 0.5) is 11.5 Å². The number of nitriles is 1. The van der Waals surface area contributed by atoms with Gasteiger partial charge in [-0.2, -0.15) is 5.26 Å². The van der Waals surface area contributed by atoms with Gasteiger partial charge < -0.3 is 25.4 Å². The Morgan fingerprint density at radius 3 is 2.45 bits per heavy atom. The molecule has 1 aliphatic rings. The molecular formula is C29H33Cl2N7O2. The SMILES string of the molecule is COc1cc(N)c(C(=N)c2cnc(N3CC(C)(CNC(C)C)C3)c(C#N)c2)cc1O[C@H](C)c1c(Cl)cncc1Cl. The van der Waals surface area contributed by atoms with Gasteiger partial charge in [0.1, 0.15) is 18.0 Å². The highest BCUT2D eigenvalue weighted by molar-refractivity contribution is 6.35. The molecule has 4 N–H and O–H groups in total. The van der Waals surface area contributed by atoms with Gasteiger partial charge in [-0.25, -0.2) is 4.98 Å². The van der Waals surface area contributed by atoms with Crippen LogP contribution in [0.15, 0.2) is 36.8 Å². The number of methoxy groups -OCH3 is 1. The molecule has 9 nitrogen and oxygen atoms in total. The van der Waals surface area contributed by atoms with Crippen LogP contribution in [-0.4, -0.2) is 48.5 Å². The molecule has 11 heteroatoms. The second kappa shape index (κ2) is 11.9. The van der Waals surface area contributed by atoms with Gasteiger partial charge in [0.25, 0.3) is 0 Å². The molecule has 1 atom stereocenters. The molecule has 0 bridgehead atoms. The first-order chi connectivity index (χ1) is 19.0. The van der Waals surface area contributed by atoms with Crippen molar-refractivity contribution in [1.29, 1.82) is 10.7 Å². The molecule has 3 heterocycles. The smallest absolute Gasteiger partial charge is 0.162 e. The van der Waals surface area contributed by atoms with Crippen molar-refractivity contribution >= 4 is 40.4 Å². The molecular weight excluding hydrogens is 549 g/mol. The normalized spacial score (nSPS) is 14.8. The standard InChI is InChI=1S/C29H33Cl2N7O2/c1-16(2)37-13-29(4)14-38(15-29)28-18(9-32)6-19(10-36-28)27(34)20-7-25(24(39-5)8-23(20)33)40-17(3)26-21(30)11-35-12-22(26)31/h6-8,10-12,16-17,34,37H,13-15,33H2,1-5H3/t17-/m1/s1. The Balaban J connectivity index is 1.59. The van der Waals surface area contributed by atoms with Crippen molar-refractivity contribution in [3.05, 3.63) is 69.1 Å². The highest BCUT2D eigenvalue weighted by Gasteiger charge is 2.40. The van der Waals surface area contributed by atoms with Crippen molar-refractivity contribution in [1.82, 2.24) is 15.3 Å². The number of halogens is 2. The molecule has 1 fully saturated rings. The maximum atomic E-state index is 9.90. The molecule has 40 heavy (non-hydrogen) atoms. The predicted octanol–water partition coefficient (Wildman–Crippen LogP) is 5.63. The average Bonchev–Trinajstić information content (AvgIpc) is 2.90. The lowest BCUT2D eigenvalue weighted by Crippen LogP contribution is -2.60. The monoisotopic (exact) mass is 581 g/mol. The fourth-order valence-electron chi connectivity index (χ4n) is 4.77. The second-order valence-electron chi connectivity index (χ2n) is 10.7. The minimum Gasteiger partial charge on any atom is -0.493 e. The topological polar surface area (TPSA) is 133 Å². The van der Waals surface area contributed by atoms with Gasteiger partial charge in [0.2, 0.25) is 0 Å². The average molecular weight is 583 g/mol. The summed E-state index contributed by atoms with van der Waals surface area (Å²) in [5, 5.41) is 23.1. The zero-order valence-corrected chi connectivity index (χ0v) is 24.7. The number of anilines is 2. The van der Waals surface area contributed by atoms with Crippen LogP contribution in [0.2, 0.25) is 10.0 Å². The van der Waals surface area contributed by atoms with Gasteiger partial charge in [-0.05, 0) is 19.1 Å². The van der Waals surface area contributed by atoms with Crippen LogP contribution in [0.3, 0.4) is 0 Å². The molecule has 1 aromatic carbocycles. The minimum absolute atomic E-state index is 0.0998. The second-order valence-corrected chi connectivity index (χ2v) is 11.5. The quantitative estimate of drug-likeness (QED) is 0.207. The molecule has 4 rings (SSSR count). The number of hydrogen-bond acceptors (Lipinski definition) is 9. The van der Waals surface area contributed by atoms with E-state index in [9.17, 15) is 5.26 Å². The van der Waals surface area contributed by atoms with Gasteiger partial charge >= 0.3 is 0 Å². The Labute approximate surface area is 244 Å². The number of rotatable bonds is 10. The van der Waals surface area contributed by atoms with Crippen LogP contribution in [0.1, 0.15) is 56.1 Å². The first-order valence-corrected chi connectivity index (χ1v) is 13.6. The van der Waals surface area contributed by atoms with E-state index in [2.05, 4.69) is 47.0 Å². The molecule has 0 saturated carbocycles. The van der Waals surface area contributed by atoms with Crippen molar-refractivity contribution < 1.29 is 9.47 Å². The van der Waals surface area contributed by atoms with Crippen molar-refractivity contribution in [2.45, 2.75) is 39.8 Å². The molecule has 210 valence electrons. The van der Waals surface area contributed by atoms with Crippen LogP contribution in [0, 0.1) is 22.2 Å². The van der Waals surface area contributed by atoms with Gasteiger partial charge in [-0.1, -0.05) is 44.0 Å². The van der Waals surface area contributed by atoms with E-state index in [-0.39, 0.29) is 11.1 Å². The van der Waals surface area contributed by atoms with E-state index in [4.69, 9.17) is 43.8 Å². The van der Waals surface area contributed by atoms with Crippen molar-refractivity contribution in [2.75, 3.05) is 37.4 Å². The number of nitrogens with zero attached hydrogens (tertiary/aromatic N) is 4. The Morgan fingerprint density at radius 1 is 1.18 bits per heavy atom. The Hall–Kier alpha value is -3.58. The summed E-state index contributed by atoms with van der Waals surface area (Å²) in [5.74, 6) is 1.36. The maximum absolute atomic E-state index is 9.90. The van der Waals surface area contributed by atoms with E-state index in [0.717, 1.165) is 19.6 Å². The summed E-state index contributed by atoms with van der Waals surface area (Å²) in [6.07, 6.45) is 4.04. The fraction of sp³-hybridized carbons (Fsp3) is 0.379. The van der Waals surface area contributed by atoms with E-state index in [0.29, 0.717) is 61.3 Å². The largest absolute Gasteiger partial charge is 0.493 e. The molecule has 0 spiro atoms. The number of nitrogen functional groups attached to an aromatic ring is 1. The van der Waals surface area contributed by atoms with E-state index in [1.165, 1.54) is 19.5 Å². The lowest BCUT2D eigenvalue weighted by Gasteiger charge is -2.49. The zero-order valence-electron chi connectivity index (χ0n) is 23.2. The fourth-order valence-corrected chi connectivity index (χ4v) is 5.45. The van der Waals surface area contributed by atoms with Crippen LogP contribution in [0.5, 0.6) is 11.5 Å². The highest BCUT2D eigenvalue weighted by Crippen LogP contribution is 2.39. The maximum Gasteiger partial charge on any atom is 0.162 e. The molecule has 0 aliphatic carbocycles. The molecule has 0 radical (unpaired) electrons. The summed E-state index contributed by atoms with van der Waals surface area (Å²) in [5.41, 5.74) is 8.70. The van der Waals surface area contributed by atoms with Gasteiger partial charge in [0.15, 0.2) is 11.5 Å². The molecule has 1 aliphatic heterocycles. The highest BCUT2D eigenvalue weighted by atomic mass is 35.5.